The predicted octanol–water partition coefficient (Wildman–Crippen LogP) is -5.29. The van der Waals surface area contributed by atoms with Crippen molar-refractivity contribution < 1.29 is 73.8 Å². The molecule has 9 atom stereocenters. The van der Waals surface area contributed by atoms with E-state index in [0.717, 1.165) is 0 Å². The summed E-state index contributed by atoms with van der Waals surface area (Å²) in [6, 6.07) is -11.3. The van der Waals surface area contributed by atoms with Gasteiger partial charge in [-0.1, -0.05) is 34.1 Å². The molecule has 22 nitrogen and oxygen atoms in total. The number of amides is 6. The van der Waals surface area contributed by atoms with Crippen molar-refractivity contribution in [3.05, 3.63) is 0 Å². The summed E-state index contributed by atoms with van der Waals surface area (Å²) in [5.74, 6) is -12.4. The Balaban J connectivity index is 6.30. The predicted molar refractivity (Wildman–Crippen MR) is 176 cm³/mol. The highest BCUT2D eigenvalue weighted by Gasteiger charge is 2.37. The van der Waals surface area contributed by atoms with Crippen molar-refractivity contribution in [3.63, 3.8) is 0 Å². The first-order valence-electron chi connectivity index (χ1n) is 16.2. The Bertz CT molecular complexity index is 1300. The smallest absolute Gasteiger partial charge is 0.328 e. The van der Waals surface area contributed by atoms with Gasteiger partial charge in [-0.2, -0.15) is 0 Å². The molecular formula is C30H51N7O15. The van der Waals surface area contributed by atoms with Crippen LogP contribution in [0.5, 0.6) is 0 Å². The van der Waals surface area contributed by atoms with Gasteiger partial charge in [0.25, 0.3) is 0 Å². The number of aliphatic carboxylic acids is 3. The molecule has 22 heteroatoms. The third-order valence-electron chi connectivity index (χ3n) is 7.72. The summed E-state index contributed by atoms with van der Waals surface area (Å²) in [4.78, 5) is 112. The second-order valence-corrected chi connectivity index (χ2v) is 12.4. The molecular weight excluding hydrogens is 698 g/mol. The maximum Gasteiger partial charge on any atom is 0.328 e. The monoisotopic (exact) mass is 749 g/mol. The van der Waals surface area contributed by atoms with Gasteiger partial charge in [0.1, 0.15) is 42.3 Å². The summed E-state index contributed by atoms with van der Waals surface area (Å²) >= 11 is 0. The van der Waals surface area contributed by atoms with Crippen LogP contribution in [0.2, 0.25) is 0 Å². The molecule has 0 aliphatic rings. The fourth-order valence-corrected chi connectivity index (χ4v) is 4.38. The van der Waals surface area contributed by atoms with Crippen LogP contribution in [0.3, 0.4) is 0 Å². The van der Waals surface area contributed by atoms with Crippen LogP contribution in [0.1, 0.15) is 60.3 Å². The average Bonchev–Trinajstić information content (AvgIpc) is 3.06. The summed E-state index contributed by atoms with van der Waals surface area (Å²) in [5, 5.41) is 69.3. The summed E-state index contributed by atoms with van der Waals surface area (Å²) in [6.45, 7) is 5.63. The second-order valence-electron chi connectivity index (χ2n) is 12.4. The van der Waals surface area contributed by atoms with Crippen LogP contribution >= 0.6 is 0 Å². The molecule has 296 valence electrons. The number of carboxylic acid groups (broad SMARTS) is 3. The molecule has 0 unspecified atom stereocenters. The summed E-state index contributed by atoms with van der Waals surface area (Å²) in [6.07, 6.45) is -3.57. The van der Waals surface area contributed by atoms with Crippen LogP contribution in [0.4, 0.5) is 0 Å². The maximum absolute atomic E-state index is 13.6. The maximum atomic E-state index is 13.6. The lowest BCUT2D eigenvalue weighted by atomic mass is 9.95. The molecule has 0 aliphatic heterocycles. The van der Waals surface area contributed by atoms with Crippen LogP contribution in [-0.2, 0) is 43.2 Å². The van der Waals surface area contributed by atoms with E-state index in [1.807, 2.05) is 10.6 Å². The minimum atomic E-state index is -1.93. The van der Waals surface area contributed by atoms with Gasteiger partial charge in [-0.3, -0.25) is 38.4 Å². The van der Waals surface area contributed by atoms with Crippen LogP contribution in [-0.4, -0.2) is 146 Å². The van der Waals surface area contributed by atoms with E-state index in [1.54, 1.807) is 13.8 Å². The van der Waals surface area contributed by atoms with Gasteiger partial charge in [0.15, 0.2) is 0 Å². The van der Waals surface area contributed by atoms with Gasteiger partial charge in [0, 0.05) is 6.42 Å². The van der Waals surface area contributed by atoms with Crippen molar-refractivity contribution in [2.75, 3.05) is 13.2 Å². The molecule has 52 heavy (non-hydrogen) atoms. The van der Waals surface area contributed by atoms with E-state index in [9.17, 15) is 63.6 Å². The lowest BCUT2D eigenvalue weighted by Gasteiger charge is -2.30. The first-order chi connectivity index (χ1) is 24.1. The molecule has 0 spiro atoms. The molecule has 0 aromatic carbocycles. The summed E-state index contributed by atoms with van der Waals surface area (Å²) in [5.41, 5.74) is 5.46. The number of aliphatic hydroxyl groups excluding tert-OH is 3. The van der Waals surface area contributed by atoms with Crippen molar-refractivity contribution in [1.82, 2.24) is 31.9 Å². The molecule has 0 bridgehead atoms. The average molecular weight is 750 g/mol. The van der Waals surface area contributed by atoms with E-state index in [1.165, 1.54) is 20.8 Å². The van der Waals surface area contributed by atoms with Gasteiger partial charge < -0.3 is 68.3 Å². The number of hydrogen-bond acceptors (Lipinski definition) is 13. The summed E-state index contributed by atoms with van der Waals surface area (Å²) < 4.78 is 0. The quantitative estimate of drug-likeness (QED) is 0.0438. The highest BCUT2D eigenvalue weighted by molar-refractivity contribution is 5.98. The van der Waals surface area contributed by atoms with E-state index in [-0.39, 0.29) is 6.42 Å². The van der Waals surface area contributed by atoms with Crippen LogP contribution in [0.15, 0.2) is 0 Å². The molecule has 0 saturated heterocycles. The minimum Gasteiger partial charge on any atom is -0.481 e. The number of aliphatic hydroxyl groups is 3. The van der Waals surface area contributed by atoms with Gasteiger partial charge in [0.2, 0.25) is 35.4 Å². The first kappa shape index (κ1) is 47.1. The van der Waals surface area contributed by atoms with Crippen molar-refractivity contribution in [1.29, 1.82) is 0 Å². The van der Waals surface area contributed by atoms with Crippen molar-refractivity contribution in [3.8, 4) is 0 Å². The van der Waals surface area contributed by atoms with Crippen LogP contribution in [0.25, 0.3) is 0 Å². The molecule has 0 aromatic rings. The Morgan fingerprint density at radius 3 is 1.48 bits per heavy atom. The fourth-order valence-electron chi connectivity index (χ4n) is 4.38. The largest absolute Gasteiger partial charge is 0.481 e. The molecule has 0 radical (unpaired) electrons. The number of rotatable bonds is 24. The number of nitrogens with two attached hydrogens (primary N) is 1. The first-order valence-corrected chi connectivity index (χ1v) is 16.2. The van der Waals surface area contributed by atoms with E-state index in [2.05, 4.69) is 21.3 Å². The van der Waals surface area contributed by atoms with Crippen LogP contribution < -0.4 is 37.6 Å². The van der Waals surface area contributed by atoms with Gasteiger partial charge in [-0.15, -0.1) is 0 Å². The third-order valence-corrected chi connectivity index (χ3v) is 7.72. The number of carboxylic acids is 3. The highest BCUT2D eigenvalue weighted by Crippen LogP contribution is 2.12. The third kappa shape index (κ3) is 16.0. The van der Waals surface area contributed by atoms with Crippen molar-refractivity contribution in [2.24, 2.45) is 17.6 Å². The van der Waals surface area contributed by atoms with Gasteiger partial charge in [0.05, 0.1) is 25.7 Å². The topological polar surface area (TPSA) is 373 Å². The van der Waals surface area contributed by atoms with Crippen LogP contribution in [0, 0.1) is 11.8 Å². The Morgan fingerprint density at radius 1 is 0.577 bits per heavy atom. The Kier molecular flexibility index (Phi) is 20.6. The van der Waals surface area contributed by atoms with Crippen molar-refractivity contribution in [2.45, 2.75) is 109 Å². The molecule has 0 rings (SSSR count). The Hall–Kier alpha value is -4.93. The van der Waals surface area contributed by atoms with E-state index < -0.39 is 146 Å². The zero-order valence-electron chi connectivity index (χ0n) is 29.5. The zero-order chi connectivity index (χ0) is 40.5. The van der Waals surface area contributed by atoms with E-state index in [4.69, 9.17) is 15.9 Å². The number of carbonyl (C=O) groups excluding carboxylic acids is 6. The number of nitrogens with one attached hydrogen (secondary N) is 6. The zero-order valence-corrected chi connectivity index (χ0v) is 29.5. The molecule has 0 saturated carbocycles. The number of carbonyl (C=O) groups is 9. The molecule has 0 aliphatic carbocycles. The van der Waals surface area contributed by atoms with Gasteiger partial charge in [-0.05, 0) is 25.2 Å². The highest BCUT2D eigenvalue weighted by atomic mass is 16.4. The normalized spacial score (nSPS) is 16.3. The molecule has 0 fully saturated rings. The Morgan fingerprint density at radius 2 is 1.04 bits per heavy atom. The molecule has 6 amide bonds. The van der Waals surface area contributed by atoms with Gasteiger partial charge >= 0.3 is 17.9 Å². The minimum absolute atomic E-state index is 0.265. The molecule has 0 heterocycles. The lowest BCUT2D eigenvalue weighted by molar-refractivity contribution is -0.144. The molecule has 0 aromatic heterocycles. The van der Waals surface area contributed by atoms with Crippen molar-refractivity contribution >= 4 is 53.4 Å². The van der Waals surface area contributed by atoms with E-state index in [0.29, 0.717) is 0 Å². The number of hydrogen-bond donors (Lipinski definition) is 13. The SMILES string of the molecule is CC[C@H](C)[C@H](NC(=O)[C@@H](NC(=O)[C@@H](NC(=O)[C@@H](N)CO)[C@@H](C)O)C(C)C)C(=O)N[C@@H](CCC(=O)O)C(=O)N[C@@H](CC(=O)O)C(=O)N[C@@H](CO)C(=O)O. The lowest BCUT2D eigenvalue weighted by Crippen LogP contribution is -2.62. The standard InChI is InChI=1S/C30H51N7O15/c1-6-13(4)22(36-27(48)21(12(2)3)35-29(50)23(14(5)40)37-24(45)15(31)10-38)28(49)32-16(7-8-19(41)42)25(46)33-17(9-20(43)44)26(47)34-18(11-39)30(51)52/h12-18,21-23,38-40H,6-11,31H2,1-5H3,(H,32,49)(H,33,46)(H,34,47)(H,35,50)(H,36,48)(H,37,45)(H,41,42)(H,43,44)(H,51,52)/t13-,14+,15-,16-,17-,18-,21-,22-,23-/m0/s1. The Labute approximate surface area is 298 Å². The second kappa shape index (κ2) is 22.8. The molecule has 14 N–H and O–H groups in total. The van der Waals surface area contributed by atoms with E-state index >= 15 is 0 Å². The van der Waals surface area contributed by atoms with Gasteiger partial charge in [-0.25, -0.2) is 4.79 Å². The fraction of sp³-hybridized carbons (Fsp3) is 0.700. The summed E-state index contributed by atoms with van der Waals surface area (Å²) in [7, 11) is 0.